The van der Waals surface area contributed by atoms with Crippen molar-refractivity contribution in [1.29, 1.82) is 0 Å². The zero-order chi connectivity index (χ0) is 32.5. The summed E-state index contributed by atoms with van der Waals surface area (Å²) in [6, 6.07) is 26.6. The second-order valence-electron chi connectivity index (χ2n) is 15.3. The van der Waals surface area contributed by atoms with Crippen LogP contribution in [-0.2, 0) is 22.6 Å². The van der Waals surface area contributed by atoms with Crippen LogP contribution in [-0.4, -0.2) is 65.3 Å². The normalized spacial score (nSPS) is 31.9. The summed E-state index contributed by atoms with van der Waals surface area (Å²) in [6.07, 6.45) is 7.47. The van der Waals surface area contributed by atoms with Gasteiger partial charge in [0.15, 0.2) is 6.29 Å². The van der Waals surface area contributed by atoms with E-state index in [1.165, 1.54) is 24.8 Å². The zero-order valence-corrected chi connectivity index (χ0v) is 27.9. The Morgan fingerprint density at radius 3 is 2.12 bits per heavy atom. The molecule has 0 spiro atoms. The average Bonchev–Trinajstić information content (AvgIpc) is 3.09. The fourth-order valence-electron chi connectivity index (χ4n) is 9.72. The van der Waals surface area contributed by atoms with Gasteiger partial charge in [-0.15, -0.1) is 0 Å². The predicted molar refractivity (Wildman–Crippen MR) is 186 cm³/mol. The summed E-state index contributed by atoms with van der Waals surface area (Å²) < 4.78 is 13.3. The van der Waals surface area contributed by atoms with Gasteiger partial charge < -0.3 is 25.2 Å². The van der Waals surface area contributed by atoms with E-state index in [-0.39, 0.29) is 30.4 Å². The molecule has 2 heterocycles. The highest BCUT2D eigenvalue weighted by molar-refractivity contribution is 5.90. The quantitative estimate of drug-likeness (QED) is 0.241. The number of aliphatic hydroxyl groups excluding tert-OH is 1. The molecule has 3 unspecified atom stereocenters. The van der Waals surface area contributed by atoms with E-state index >= 15 is 0 Å². The number of rotatable bonds is 9. The molecule has 2 aliphatic heterocycles. The molecule has 2 saturated heterocycles. The molecule has 4 aliphatic carbocycles. The number of carbonyl (C=O) groups excluding carboxylic acids is 1. The fourth-order valence-corrected chi connectivity index (χ4v) is 9.72. The Morgan fingerprint density at radius 2 is 1.44 bits per heavy atom. The van der Waals surface area contributed by atoms with Crippen molar-refractivity contribution in [2.24, 2.45) is 17.8 Å². The molecule has 3 aromatic rings. The summed E-state index contributed by atoms with van der Waals surface area (Å²) in [6.45, 7) is 5.93. The number of aliphatic hydroxyl groups is 1. The van der Waals surface area contributed by atoms with Crippen molar-refractivity contribution in [3.8, 4) is 0 Å². The maximum absolute atomic E-state index is 13.4. The summed E-state index contributed by atoms with van der Waals surface area (Å²) >= 11 is 0. The van der Waals surface area contributed by atoms with Gasteiger partial charge in [0.25, 0.3) is 0 Å². The van der Waals surface area contributed by atoms with Gasteiger partial charge in [-0.1, -0.05) is 66.7 Å². The van der Waals surface area contributed by atoms with E-state index in [0.29, 0.717) is 0 Å². The highest BCUT2D eigenvalue weighted by Crippen LogP contribution is 2.55. The van der Waals surface area contributed by atoms with Crippen LogP contribution in [0.1, 0.15) is 79.6 Å². The summed E-state index contributed by atoms with van der Waals surface area (Å²) in [4.78, 5) is 18.4. The standard InChI is InChI=1S/C40H50N4O4/c45-27-29-9-11-33(12-10-29)37-21-36(26-44-15-13-43(14-16-44)25-28-5-2-1-3-6-28)47-38(48-37)34-7-4-8-35(20-34)41-39(46)42-40-22-30-17-31(23-40)19-32(18-30)24-40/h1-12,20,30-32,36-38,45H,13-19,21-27H2,(H2,41,42,46). The Hall–Kier alpha value is -3.27. The number of anilines is 1. The van der Waals surface area contributed by atoms with Gasteiger partial charge in [0, 0.05) is 62.5 Å². The summed E-state index contributed by atoms with van der Waals surface area (Å²) in [5, 5.41) is 16.2. The molecule has 6 fully saturated rings. The minimum absolute atomic E-state index is 0.0112. The molecule has 4 saturated carbocycles. The van der Waals surface area contributed by atoms with Gasteiger partial charge in [-0.25, -0.2) is 4.79 Å². The Kier molecular flexibility index (Phi) is 9.27. The molecule has 6 aliphatic rings. The molecule has 8 heteroatoms. The second-order valence-corrected chi connectivity index (χ2v) is 15.3. The topological polar surface area (TPSA) is 86.3 Å². The number of ether oxygens (including phenoxy) is 2. The average molecular weight is 651 g/mol. The predicted octanol–water partition coefficient (Wildman–Crippen LogP) is 6.63. The molecule has 2 amide bonds. The Balaban J connectivity index is 0.932. The lowest BCUT2D eigenvalue weighted by Crippen LogP contribution is -2.60. The van der Waals surface area contributed by atoms with Crippen LogP contribution in [0.2, 0.25) is 0 Å². The Labute approximate surface area is 284 Å². The van der Waals surface area contributed by atoms with E-state index in [9.17, 15) is 9.90 Å². The van der Waals surface area contributed by atoms with Crippen molar-refractivity contribution in [3.05, 3.63) is 101 Å². The van der Waals surface area contributed by atoms with E-state index in [4.69, 9.17) is 9.47 Å². The van der Waals surface area contributed by atoms with Crippen molar-refractivity contribution < 1.29 is 19.4 Å². The van der Waals surface area contributed by atoms with E-state index in [0.717, 1.165) is 105 Å². The van der Waals surface area contributed by atoms with Gasteiger partial charge in [0.05, 0.1) is 18.8 Å². The van der Waals surface area contributed by atoms with Crippen LogP contribution in [0.25, 0.3) is 0 Å². The Morgan fingerprint density at radius 1 is 0.750 bits per heavy atom. The van der Waals surface area contributed by atoms with Crippen LogP contribution in [0, 0.1) is 17.8 Å². The van der Waals surface area contributed by atoms with Gasteiger partial charge in [-0.3, -0.25) is 9.80 Å². The SMILES string of the molecule is O=C(Nc1cccc(C2OC(CN3CCN(Cc4ccccc4)CC3)CC(c3ccc(CO)cc3)O2)c1)NC12CC3CC(CC(C3)C1)C2. The lowest BCUT2D eigenvalue weighted by atomic mass is 9.53. The molecule has 3 atom stereocenters. The molecule has 9 rings (SSSR count). The first-order valence-corrected chi connectivity index (χ1v) is 18.2. The maximum atomic E-state index is 13.4. The van der Waals surface area contributed by atoms with E-state index in [1.807, 2.05) is 36.4 Å². The molecule has 8 nitrogen and oxygen atoms in total. The molecule has 3 aromatic carbocycles. The number of urea groups is 1. The Bertz CT molecular complexity index is 1510. The van der Waals surface area contributed by atoms with Crippen molar-refractivity contribution in [1.82, 2.24) is 15.1 Å². The number of amides is 2. The molecular weight excluding hydrogens is 600 g/mol. The first kappa shape index (κ1) is 32.0. The largest absolute Gasteiger partial charge is 0.392 e. The number of nitrogens with zero attached hydrogens (tertiary/aromatic N) is 2. The van der Waals surface area contributed by atoms with Gasteiger partial charge in [0.2, 0.25) is 0 Å². The molecule has 48 heavy (non-hydrogen) atoms. The second kappa shape index (κ2) is 13.9. The number of carbonyl (C=O) groups is 1. The summed E-state index contributed by atoms with van der Waals surface area (Å²) in [5.74, 6) is 2.33. The van der Waals surface area contributed by atoms with Crippen molar-refractivity contribution in [2.45, 2.75) is 82.1 Å². The van der Waals surface area contributed by atoms with Gasteiger partial charge in [-0.05, 0) is 85.1 Å². The van der Waals surface area contributed by atoms with Crippen molar-refractivity contribution >= 4 is 11.7 Å². The van der Waals surface area contributed by atoms with Crippen molar-refractivity contribution in [2.75, 3.05) is 38.0 Å². The van der Waals surface area contributed by atoms with Gasteiger partial charge >= 0.3 is 6.03 Å². The first-order chi connectivity index (χ1) is 23.5. The third-order valence-electron chi connectivity index (χ3n) is 11.6. The van der Waals surface area contributed by atoms with Gasteiger partial charge in [0.1, 0.15) is 0 Å². The number of benzene rings is 3. The third kappa shape index (κ3) is 7.33. The van der Waals surface area contributed by atoms with Crippen LogP contribution in [0.3, 0.4) is 0 Å². The molecule has 4 bridgehead atoms. The number of nitrogens with one attached hydrogen (secondary N) is 2. The molecule has 254 valence electrons. The first-order valence-electron chi connectivity index (χ1n) is 18.2. The minimum atomic E-state index is -0.557. The minimum Gasteiger partial charge on any atom is -0.392 e. The highest BCUT2D eigenvalue weighted by atomic mass is 16.7. The van der Waals surface area contributed by atoms with Crippen LogP contribution in [0.5, 0.6) is 0 Å². The van der Waals surface area contributed by atoms with E-state index in [1.54, 1.807) is 0 Å². The van der Waals surface area contributed by atoms with Crippen LogP contribution in [0.15, 0.2) is 78.9 Å². The van der Waals surface area contributed by atoms with E-state index < -0.39 is 6.29 Å². The van der Waals surface area contributed by atoms with E-state index in [2.05, 4.69) is 62.9 Å². The molecule has 3 N–H and O–H groups in total. The number of hydrogen-bond acceptors (Lipinski definition) is 6. The number of hydrogen-bond donors (Lipinski definition) is 3. The monoisotopic (exact) mass is 650 g/mol. The lowest BCUT2D eigenvalue weighted by molar-refractivity contribution is -0.253. The molecule has 0 radical (unpaired) electrons. The molecule has 0 aromatic heterocycles. The van der Waals surface area contributed by atoms with Crippen LogP contribution >= 0.6 is 0 Å². The number of piperazine rings is 1. The smallest absolute Gasteiger partial charge is 0.319 e. The van der Waals surface area contributed by atoms with Crippen molar-refractivity contribution in [3.63, 3.8) is 0 Å². The van der Waals surface area contributed by atoms with Crippen LogP contribution < -0.4 is 10.6 Å². The van der Waals surface area contributed by atoms with Crippen LogP contribution in [0.4, 0.5) is 10.5 Å². The summed E-state index contributed by atoms with van der Waals surface area (Å²) in [5.41, 5.74) is 4.95. The molecular formula is C40H50N4O4. The highest BCUT2D eigenvalue weighted by Gasteiger charge is 2.51. The maximum Gasteiger partial charge on any atom is 0.319 e. The van der Waals surface area contributed by atoms with Gasteiger partial charge in [-0.2, -0.15) is 0 Å². The fraction of sp³-hybridized carbons (Fsp3) is 0.525. The third-order valence-corrected chi connectivity index (χ3v) is 11.6. The lowest BCUT2D eigenvalue weighted by Gasteiger charge is -2.56. The summed E-state index contributed by atoms with van der Waals surface area (Å²) in [7, 11) is 0. The zero-order valence-electron chi connectivity index (χ0n) is 27.9.